The van der Waals surface area contributed by atoms with Crippen LogP contribution in [0.25, 0.3) is 0 Å². The van der Waals surface area contributed by atoms with Crippen LogP contribution in [0.5, 0.6) is 0 Å². The van der Waals surface area contributed by atoms with Crippen LogP contribution in [-0.4, -0.2) is 14.7 Å². The lowest BCUT2D eigenvalue weighted by Crippen LogP contribution is -2.03. The van der Waals surface area contributed by atoms with E-state index in [1.807, 2.05) is 6.92 Å². The molecule has 4 nitrogen and oxygen atoms in total. The Balaban J connectivity index is 3.20. The summed E-state index contributed by atoms with van der Waals surface area (Å²) in [5.41, 5.74) is 1.75. The molecule has 0 atom stereocenters. The molecule has 0 spiro atoms. The minimum atomic E-state index is -3.16. The molecule has 0 fully saturated rings. The highest BCUT2D eigenvalue weighted by Gasteiger charge is 2.08. The van der Waals surface area contributed by atoms with Gasteiger partial charge in [0.05, 0.1) is 11.5 Å². The molecule has 0 saturated heterocycles. The Morgan fingerprint density at radius 3 is 2.57 bits per heavy atom. The Kier molecular flexibility index (Phi) is 3.25. The van der Waals surface area contributed by atoms with Gasteiger partial charge < -0.3 is 0 Å². The highest BCUT2D eigenvalue weighted by molar-refractivity contribution is 7.90. The van der Waals surface area contributed by atoms with Crippen molar-refractivity contribution in [2.45, 2.75) is 18.4 Å². The fourth-order valence-electron chi connectivity index (χ4n) is 1.12. The summed E-state index contributed by atoms with van der Waals surface area (Å²) in [6.45, 7) is 2.09. The van der Waals surface area contributed by atoms with Crippen LogP contribution in [-0.2, 0) is 21.3 Å². The lowest BCUT2D eigenvalue weighted by atomic mass is 10.1. The molecule has 14 heavy (non-hydrogen) atoms. The molecular weight excluding hydrogens is 202 g/mol. The summed E-state index contributed by atoms with van der Waals surface area (Å²) in [5, 5.41) is 0. The van der Waals surface area contributed by atoms with Crippen LogP contribution < -0.4 is 5.90 Å². The first-order valence-electron chi connectivity index (χ1n) is 4.06. The van der Waals surface area contributed by atoms with Gasteiger partial charge in [-0.05, 0) is 30.2 Å². The molecule has 1 rings (SSSR count). The number of sulfone groups is 1. The Bertz CT molecular complexity index is 426. The van der Waals surface area contributed by atoms with Crippen LogP contribution in [0, 0.1) is 6.92 Å². The van der Waals surface area contributed by atoms with E-state index in [1.165, 1.54) is 6.26 Å². The third-order valence-electron chi connectivity index (χ3n) is 1.99. The summed E-state index contributed by atoms with van der Waals surface area (Å²) >= 11 is 0. The molecule has 0 heterocycles. The van der Waals surface area contributed by atoms with Crippen LogP contribution >= 0.6 is 0 Å². The van der Waals surface area contributed by atoms with E-state index in [1.54, 1.807) is 18.2 Å². The molecule has 0 saturated carbocycles. The first kappa shape index (κ1) is 11.2. The van der Waals surface area contributed by atoms with E-state index >= 15 is 0 Å². The van der Waals surface area contributed by atoms with Crippen molar-refractivity contribution >= 4 is 9.84 Å². The van der Waals surface area contributed by atoms with Gasteiger partial charge in [0.2, 0.25) is 0 Å². The molecule has 0 bridgehead atoms. The van der Waals surface area contributed by atoms with Gasteiger partial charge in [-0.1, -0.05) is 6.07 Å². The second-order valence-corrected chi connectivity index (χ2v) is 5.19. The van der Waals surface area contributed by atoms with E-state index in [2.05, 4.69) is 4.84 Å². The molecule has 0 unspecified atom stereocenters. The number of hydrogen-bond acceptors (Lipinski definition) is 4. The zero-order chi connectivity index (χ0) is 10.8. The molecule has 1 aromatic rings. The number of aryl methyl sites for hydroxylation is 1. The maximum atomic E-state index is 11.2. The predicted octanol–water partition coefficient (Wildman–Crippen LogP) is 0.789. The van der Waals surface area contributed by atoms with Crippen LogP contribution in [0.4, 0.5) is 0 Å². The summed E-state index contributed by atoms with van der Waals surface area (Å²) < 4.78 is 22.5. The number of benzene rings is 1. The molecule has 0 amide bonds. The quantitative estimate of drug-likeness (QED) is 0.757. The lowest BCUT2D eigenvalue weighted by Gasteiger charge is -2.06. The Labute approximate surface area is 83.6 Å². The number of hydrogen-bond donors (Lipinski definition) is 1. The number of rotatable bonds is 3. The predicted molar refractivity (Wildman–Crippen MR) is 53.3 cm³/mol. The van der Waals surface area contributed by atoms with Gasteiger partial charge in [0, 0.05) is 6.26 Å². The summed E-state index contributed by atoms with van der Waals surface area (Å²) in [7, 11) is -3.16. The molecule has 0 aliphatic rings. The maximum Gasteiger partial charge on any atom is 0.175 e. The third kappa shape index (κ3) is 2.54. The molecular formula is C9H13NO3S. The van der Waals surface area contributed by atoms with Gasteiger partial charge in [-0.15, -0.1) is 0 Å². The van der Waals surface area contributed by atoms with E-state index in [9.17, 15) is 8.42 Å². The molecule has 0 aromatic heterocycles. The highest BCUT2D eigenvalue weighted by Crippen LogP contribution is 2.15. The van der Waals surface area contributed by atoms with Gasteiger partial charge >= 0.3 is 0 Å². The topological polar surface area (TPSA) is 69.4 Å². The minimum Gasteiger partial charge on any atom is -0.300 e. The van der Waals surface area contributed by atoms with Crippen molar-refractivity contribution in [1.29, 1.82) is 0 Å². The van der Waals surface area contributed by atoms with Crippen molar-refractivity contribution in [2.24, 2.45) is 5.90 Å². The average Bonchev–Trinajstić information content (AvgIpc) is 2.07. The van der Waals surface area contributed by atoms with Gasteiger partial charge in [0.25, 0.3) is 0 Å². The first-order chi connectivity index (χ1) is 6.45. The second kappa shape index (κ2) is 4.08. The number of nitrogens with two attached hydrogens (primary N) is 1. The van der Waals surface area contributed by atoms with Crippen LogP contribution in [0.15, 0.2) is 23.1 Å². The van der Waals surface area contributed by atoms with E-state index in [0.29, 0.717) is 0 Å². The Hall–Kier alpha value is -0.910. The van der Waals surface area contributed by atoms with Gasteiger partial charge in [-0.2, -0.15) is 0 Å². The van der Waals surface area contributed by atoms with E-state index in [4.69, 9.17) is 5.90 Å². The van der Waals surface area contributed by atoms with Gasteiger partial charge in [0.15, 0.2) is 9.84 Å². The maximum absolute atomic E-state index is 11.2. The minimum absolute atomic E-state index is 0.217. The second-order valence-electron chi connectivity index (χ2n) is 3.17. The molecule has 0 aliphatic heterocycles. The standard InChI is InChI=1S/C9H13NO3S/c1-7-3-4-9(14(2,11)12)5-8(7)6-13-10/h3-5H,6,10H2,1-2H3. The molecule has 78 valence electrons. The fraction of sp³-hybridized carbons (Fsp3) is 0.333. The van der Waals surface area contributed by atoms with Crippen LogP contribution in [0.2, 0.25) is 0 Å². The highest BCUT2D eigenvalue weighted by atomic mass is 32.2. The molecule has 2 N–H and O–H groups in total. The van der Waals surface area contributed by atoms with Crippen molar-refractivity contribution in [3.8, 4) is 0 Å². The molecule has 5 heteroatoms. The van der Waals surface area contributed by atoms with Gasteiger partial charge in [0.1, 0.15) is 0 Å². The van der Waals surface area contributed by atoms with Crippen molar-refractivity contribution < 1.29 is 13.3 Å². The normalized spacial score (nSPS) is 11.6. The lowest BCUT2D eigenvalue weighted by molar-refractivity contribution is 0.123. The van der Waals surface area contributed by atoms with E-state index < -0.39 is 9.84 Å². The van der Waals surface area contributed by atoms with Crippen LogP contribution in [0.1, 0.15) is 11.1 Å². The zero-order valence-corrected chi connectivity index (χ0v) is 8.97. The van der Waals surface area contributed by atoms with Crippen LogP contribution in [0.3, 0.4) is 0 Å². The largest absolute Gasteiger partial charge is 0.300 e. The third-order valence-corrected chi connectivity index (χ3v) is 3.10. The Morgan fingerprint density at radius 2 is 2.07 bits per heavy atom. The summed E-state index contributed by atoms with van der Waals surface area (Å²) in [5.74, 6) is 4.94. The van der Waals surface area contributed by atoms with Crippen molar-refractivity contribution in [3.63, 3.8) is 0 Å². The average molecular weight is 215 g/mol. The van der Waals surface area contributed by atoms with Crippen molar-refractivity contribution in [3.05, 3.63) is 29.3 Å². The van der Waals surface area contributed by atoms with Gasteiger partial charge in [-0.25, -0.2) is 14.3 Å². The summed E-state index contributed by atoms with van der Waals surface area (Å²) in [6, 6.07) is 4.90. The summed E-state index contributed by atoms with van der Waals surface area (Å²) in [6.07, 6.45) is 1.17. The monoisotopic (exact) mass is 215 g/mol. The molecule has 0 radical (unpaired) electrons. The first-order valence-corrected chi connectivity index (χ1v) is 5.95. The van der Waals surface area contributed by atoms with Crippen molar-refractivity contribution in [1.82, 2.24) is 0 Å². The smallest absolute Gasteiger partial charge is 0.175 e. The fourth-order valence-corrected chi connectivity index (χ4v) is 1.80. The van der Waals surface area contributed by atoms with Crippen molar-refractivity contribution in [2.75, 3.05) is 6.26 Å². The molecule has 0 aliphatic carbocycles. The van der Waals surface area contributed by atoms with Gasteiger partial charge in [-0.3, -0.25) is 4.84 Å². The van der Waals surface area contributed by atoms with E-state index in [0.717, 1.165) is 11.1 Å². The SMILES string of the molecule is Cc1ccc(S(C)(=O)=O)cc1CON. The Morgan fingerprint density at radius 1 is 1.43 bits per heavy atom. The molecule has 1 aromatic carbocycles. The zero-order valence-electron chi connectivity index (χ0n) is 8.15. The van der Waals surface area contributed by atoms with E-state index in [-0.39, 0.29) is 11.5 Å². The summed E-state index contributed by atoms with van der Waals surface area (Å²) in [4.78, 5) is 4.77.